The summed E-state index contributed by atoms with van der Waals surface area (Å²) in [6, 6.07) is 3.69. The van der Waals surface area contributed by atoms with Crippen molar-refractivity contribution in [3.63, 3.8) is 0 Å². The largest absolute Gasteiger partial charge is 0.444 e. The number of ether oxygens (including phenoxy) is 1. The third kappa shape index (κ3) is 4.94. The van der Waals surface area contributed by atoms with E-state index in [-0.39, 0.29) is 22.7 Å². The van der Waals surface area contributed by atoms with Gasteiger partial charge in [0, 0.05) is 32.4 Å². The van der Waals surface area contributed by atoms with Crippen LogP contribution in [0.4, 0.5) is 10.6 Å². The van der Waals surface area contributed by atoms with Crippen molar-refractivity contribution in [3.05, 3.63) is 34.0 Å². The summed E-state index contributed by atoms with van der Waals surface area (Å²) >= 11 is 11.6. The number of anilines is 1. The normalized spacial score (nSPS) is 20.6. The topological polar surface area (TPSA) is 86.2 Å². The standard InChI is InChI=1S/C19H24Cl2N4O4/c1-19(2,3)29-18(28)24-8-6-23(7-9-24)13-5-4-12(10-22-13)11-25-16(26)14(20)15(21)17(25)27/h4-5,10,16,26H,6-9,11H2,1-3H3. The number of carbonyl (C=O) groups is 2. The second-order valence-electron chi connectivity index (χ2n) is 7.95. The van der Waals surface area contributed by atoms with Crippen molar-refractivity contribution in [2.45, 2.75) is 39.1 Å². The van der Waals surface area contributed by atoms with Crippen LogP contribution in [0.2, 0.25) is 0 Å². The van der Waals surface area contributed by atoms with E-state index in [1.54, 1.807) is 11.1 Å². The van der Waals surface area contributed by atoms with E-state index >= 15 is 0 Å². The Kier molecular flexibility index (Phi) is 6.26. The lowest BCUT2D eigenvalue weighted by molar-refractivity contribution is -0.132. The van der Waals surface area contributed by atoms with Crippen molar-refractivity contribution in [3.8, 4) is 0 Å². The van der Waals surface area contributed by atoms with Gasteiger partial charge in [0.1, 0.15) is 16.5 Å². The van der Waals surface area contributed by atoms with Gasteiger partial charge in [0.15, 0.2) is 6.23 Å². The Morgan fingerprint density at radius 3 is 2.38 bits per heavy atom. The van der Waals surface area contributed by atoms with Gasteiger partial charge >= 0.3 is 6.09 Å². The molecule has 3 rings (SSSR count). The van der Waals surface area contributed by atoms with Gasteiger partial charge in [0.05, 0.1) is 11.6 Å². The Balaban J connectivity index is 1.55. The van der Waals surface area contributed by atoms with Crippen molar-refractivity contribution in [1.82, 2.24) is 14.8 Å². The van der Waals surface area contributed by atoms with Gasteiger partial charge < -0.3 is 24.5 Å². The summed E-state index contributed by atoms with van der Waals surface area (Å²) in [6.45, 7) is 8.07. The summed E-state index contributed by atoms with van der Waals surface area (Å²) < 4.78 is 5.41. The molecular weight excluding hydrogens is 419 g/mol. The number of piperazine rings is 1. The molecule has 1 aromatic heterocycles. The molecule has 0 bridgehead atoms. The van der Waals surface area contributed by atoms with Crippen LogP contribution in [0.15, 0.2) is 28.4 Å². The minimum Gasteiger partial charge on any atom is -0.444 e. The van der Waals surface area contributed by atoms with E-state index in [4.69, 9.17) is 27.9 Å². The molecule has 0 aliphatic carbocycles. The van der Waals surface area contributed by atoms with Crippen LogP contribution < -0.4 is 4.90 Å². The number of rotatable bonds is 3. The first-order valence-electron chi connectivity index (χ1n) is 9.29. The third-order valence-electron chi connectivity index (χ3n) is 4.60. The van der Waals surface area contributed by atoms with Crippen molar-refractivity contribution >= 4 is 41.0 Å². The maximum Gasteiger partial charge on any atom is 0.410 e. The molecule has 8 nitrogen and oxygen atoms in total. The lowest BCUT2D eigenvalue weighted by atomic mass is 10.2. The van der Waals surface area contributed by atoms with Gasteiger partial charge in [-0.25, -0.2) is 9.78 Å². The number of aliphatic hydroxyl groups is 1. The minimum atomic E-state index is -1.24. The number of pyridine rings is 1. The van der Waals surface area contributed by atoms with Crippen LogP contribution in [0, 0.1) is 0 Å². The molecule has 2 aliphatic heterocycles. The fourth-order valence-corrected chi connectivity index (χ4v) is 3.49. The number of nitrogens with zero attached hydrogens (tertiary/aromatic N) is 4. The molecule has 0 radical (unpaired) electrons. The van der Waals surface area contributed by atoms with Crippen LogP contribution in [0.3, 0.4) is 0 Å². The Hall–Kier alpha value is -2.03. The summed E-state index contributed by atoms with van der Waals surface area (Å²) in [5, 5.41) is 9.79. The van der Waals surface area contributed by atoms with Gasteiger partial charge in [-0.3, -0.25) is 4.79 Å². The van der Waals surface area contributed by atoms with Crippen LogP contribution in [-0.4, -0.2) is 69.9 Å². The molecule has 0 saturated carbocycles. The fourth-order valence-electron chi connectivity index (χ4n) is 3.09. The molecule has 2 amide bonds. The van der Waals surface area contributed by atoms with Gasteiger partial charge in [0.25, 0.3) is 5.91 Å². The Morgan fingerprint density at radius 2 is 1.90 bits per heavy atom. The average Bonchev–Trinajstić information content (AvgIpc) is 2.85. The van der Waals surface area contributed by atoms with Crippen LogP contribution in [0.5, 0.6) is 0 Å². The van der Waals surface area contributed by atoms with Crippen molar-refractivity contribution in [2.24, 2.45) is 0 Å². The monoisotopic (exact) mass is 442 g/mol. The molecule has 1 saturated heterocycles. The molecule has 3 heterocycles. The first-order chi connectivity index (χ1) is 13.6. The van der Waals surface area contributed by atoms with Crippen LogP contribution >= 0.6 is 23.2 Å². The van der Waals surface area contributed by atoms with E-state index in [0.717, 1.165) is 11.4 Å². The average molecular weight is 443 g/mol. The van der Waals surface area contributed by atoms with E-state index in [1.165, 1.54) is 4.90 Å². The highest BCUT2D eigenvalue weighted by Gasteiger charge is 2.36. The minimum absolute atomic E-state index is 0.0656. The molecule has 1 fully saturated rings. The zero-order valence-corrected chi connectivity index (χ0v) is 18.1. The molecule has 10 heteroatoms. The Labute approximate surface area is 179 Å². The molecule has 1 unspecified atom stereocenters. The number of aromatic nitrogens is 1. The smallest absolute Gasteiger partial charge is 0.410 e. The number of amides is 2. The van der Waals surface area contributed by atoms with Crippen LogP contribution in [-0.2, 0) is 16.1 Å². The predicted molar refractivity (Wildman–Crippen MR) is 110 cm³/mol. The molecule has 1 N–H and O–H groups in total. The lowest BCUT2D eigenvalue weighted by Gasteiger charge is -2.36. The van der Waals surface area contributed by atoms with Crippen molar-refractivity contribution in [2.75, 3.05) is 31.1 Å². The second-order valence-corrected chi connectivity index (χ2v) is 8.73. The Bertz CT molecular complexity index is 814. The maximum absolute atomic E-state index is 12.2. The molecular formula is C19H24Cl2N4O4. The first kappa shape index (κ1) is 21.7. The molecule has 1 aromatic rings. The molecule has 158 valence electrons. The highest BCUT2D eigenvalue weighted by molar-refractivity contribution is 6.49. The summed E-state index contributed by atoms with van der Waals surface area (Å²) in [6.07, 6.45) is 0.105. The SMILES string of the molecule is CC(C)(C)OC(=O)N1CCN(c2ccc(CN3C(=O)C(Cl)=C(Cl)C3O)cn2)CC1. The second kappa shape index (κ2) is 8.38. The summed E-state index contributed by atoms with van der Waals surface area (Å²) in [5.41, 5.74) is 0.226. The lowest BCUT2D eigenvalue weighted by Crippen LogP contribution is -2.50. The van der Waals surface area contributed by atoms with Crippen LogP contribution in [0.1, 0.15) is 26.3 Å². The van der Waals surface area contributed by atoms with E-state index in [1.807, 2.05) is 32.9 Å². The summed E-state index contributed by atoms with van der Waals surface area (Å²) in [5.74, 6) is 0.270. The predicted octanol–water partition coefficient (Wildman–Crippen LogP) is 2.49. The Morgan fingerprint density at radius 1 is 1.24 bits per heavy atom. The van der Waals surface area contributed by atoms with Gasteiger partial charge in [-0.2, -0.15) is 0 Å². The van der Waals surface area contributed by atoms with Gasteiger partial charge in [-0.05, 0) is 32.4 Å². The molecule has 1 atom stereocenters. The number of hydrogen-bond donors (Lipinski definition) is 1. The van der Waals surface area contributed by atoms with Gasteiger partial charge in [-0.15, -0.1) is 0 Å². The molecule has 2 aliphatic rings. The van der Waals surface area contributed by atoms with Crippen molar-refractivity contribution in [1.29, 1.82) is 0 Å². The number of halogens is 2. The maximum atomic E-state index is 12.2. The first-order valence-corrected chi connectivity index (χ1v) is 10.0. The molecule has 0 aromatic carbocycles. The van der Waals surface area contributed by atoms with Gasteiger partial charge in [-0.1, -0.05) is 29.3 Å². The quantitative estimate of drug-likeness (QED) is 0.773. The van der Waals surface area contributed by atoms with Crippen LogP contribution in [0.25, 0.3) is 0 Å². The third-order valence-corrected chi connectivity index (χ3v) is 5.44. The van der Waals surface area contributed by atoms with E-state index < -0.39 is 17.7 Å². The number of carbonyl (C=O) groups excluding carboxylic acids is 2. The zero-order chi connectivity index (χ0) is 21.3. The highest BCUT2D eigenvalue weighted by atomic mass is 35.5. The van der Waals surface area contributed by atoms with E-state index in [9.17, 15) is 14.7 Å². The number of hydrogen-bond acceptors (Lipinski definition) is 6. The van der Waals surface area contributed by atoms with E-state index in [2.05, 4.69) is 9.88 Å². The van der Waals surface area contributed by atoms with Gasteiger partial charge in [0.2, 0.25) is 0 Å². The highest BCUT2D eigenvalue weighted by Crippen LogP contribution is 2.31. The fraction of sp³-hybridized carbons (Fsp3) is 0.526. The number of aliphatic hydroxyl groups excluding tert-OH is 1. The zero-order valence-electron chi connectivity index (χ0n) is 16.6. The molecule has 0 spiro atoms. The summed E-state index contributed by atoms with van der Waals surface area (Å²) in [7, 11) is 0. The molecule has 29 heavy (non-hydrogen) atoms. The van der Waals surface area contributed by atoms with Crippen molar-refractivity contribution < 1.29 is 19.4 Å². The summed E-state index contributed by atoms with van der Waals surface area (Å²) in [4.78, 5) is 33.6. The van der Waals surface area contributed by atoms with E-state index in [0.29, 0.717) is 26.2 Å².